The van der Waals surface area contributed by atoms with E-state index in [-0.39, 0.29) is 12.2 Å². The van der Waals surface area contributed by atoms with Gasteiger partial charge >= 0.3 is 11.9 Å². The van der Waals surface area contributed by atoms with Crippen LogP contribution in [0.25, 0.3) is 11.0 Å². The van der Waals surface area contributed by atoms with Crippen LogP contribution in [0.4, 0.5) is 0 Å². The SMILES string of the molecule is COC(=O)CC#Cc1ccc2oc(C(=O)O)cc2c1. The van der Waals surface area contributed by atoms with Crippen LogP contribution in [0.5, 0.6) is 0 Å². The van der Waals surface area contributed by atoms with E-state index in [0.29, 0.717) is 16.5 Å². The normalized spacial score (nSPS) is 9.74. The van der Waals surface area contributed by atoms with Crippen molar-refractivity contribution in [1.82, 2.24) is 0 Å². The van der Waals surface area contributed by atoms with Gasteiger partial charge in [0.05, 0.1) is 7.11 Å². The Labute approximate surface area is 108 Å². The summed E-state index contributed by atoms with van der Waals surface area (Å²) in [5.41, 5.74) is 1.16. The third-order valence-corrected chi connectivity index (χ3v) is 2.42. The van der Waals surface area contributed by atoms with Crippen molar-refractivity contribution in [3.8, 4) is 11.8 Å². The number of esters is 1. The molecule has 19 heavy (non-hydrogen) atoms. The van der Waals surface area contributed by atoms with E-state index in [1.807, 2.05) is 0 Å². The summed E-state index contributed by atoms with van der Waals surface area (Å²) in [6.07, 6.45) is 0.0142. The average Bonchev–Trinajstić information content (AvgIpc) is 2.81. The van der Waals surface area contributed by atoms with Gasteiger partial charge in [0, 0.05) is 10.9 Å². The number of furan rings is 1. The van der Waals surface area contributed by atoms with E-state index in [1.165, 1.54) is 13.2 Å². The van der Waals surface area contributed by atoms with Crippen molar-refractivity contribution in [1.29, 1.82) is 0 Å². The molecule has 0 fully saturated rings. The van der Waals surface area contributed by atoms with E-state index in [2.05, 4.69) is 16.6 Å². The highest BCUT2D eigenvalue weighted by atomic mass is 16.5. The predicted octanol–water partition coefficient (Wildman–Crippen LogP) is 2.05. The lowest BCUT2D eigenvalue weighted by Crippen LogP contribution is -1.96. The summed E-state index contributed by atoms with van der Waals surface area (Å²) >= 11 is 0. The number of hydrogen-bond acceptors (Lipinski definition) is 4. The van der Waals surface area contributed by atoms with Gasteiger partial charge in [0.1, 0.15) is 12.0 Å². The Morgan fingerprint density at radius 3 is 2.84 bits per heavy atom. The second-order valence-corrected chi connectivity index (χ2v) is 3.72. The highest BCUT2D eigenvalue weighted by molar-refractivity contribution is 5.91. The number of carbonyl (C=O) groups excluding carboxylic acids is 1. The summed E-state index contributed by atoms with van der Waals surface area (Å²) in [6.45, 7) is 0. The summed E-state index contributed by atoms with van der Waals surface area (Å²) in [6, 6.07) is 6.48. The van der Waals surface area contributed by atoms with Gasteiger partial charge < -0.3 is 14.3 Å². The highest BCUT2D eigenvalue weighted by Gasteiger charge is 2.10. The van der Waals surface area contributed by atoms with Crippen molar-refractivity contribution in [3.63, 3.8) is 0 Å². The van der Waals surface area contributed by atoms with Crippen molar-refractivity contribution in [2.45, 2.75) is 6.42 Å². The van der Waals surface area contributed by atoms with Crippen LogP contribution in [0, 0.1) is 11.8 Å². The second-order valence-electron chi connectivity index (χ2n) is 3.72. The van der Waals surface area contributed by atoms with Crippen LogP contribution in [-0.4, -0.2) is 24.2 Å². The van der Waals surface area contributed by atoms with Gasteiger partial charge in [-0.3, -0.25) is 4.79 Å². The number of methoxy groups -OCH3 is 1. The summed E-state index contributed by atoms with van der Waals surface area (Å²) in [7, 11) is 1.30. The van der Waals surface area contributed by atoms with E-state index in [1.54, 1.807) is 18.2 Å². The maximum atomic E-state index is 10.9. The van der Waals surface area contributed by atoms with Gasteiger partial charge in [-0.05, 0) is 24.3 Å². The molecule has 0 atom stereocenters. The lowest BCUT2D eigenvalue weighted by molar-refractivity contribution is -0.139. The van der Waals surface area contributed by atoms with Crippen LogP contribution in [0.1, 0.15) is 22.5 Å². The molecule has 5 heteroatoms. The fourth-order valence-corrected chi connectivity index (χ4v) is 1.52. The minimum atomic E-state index is -1.12. The van der Waals surface area contributed by atoms with Crippen LogP contribution in [0.2, 0.25) is 0 Å². The Balaban J connectivity index is 2.26. The molecule has 0 radical (unpaired) electrons. The Morgan fingerprint density at radius 1 is 1.37 bits per heavy atom. The topological polar surface area (TPSA) is 76.7 Å². The van der Waals surface area contributed by atoms with Gasteiger partial charge in [0.15, 0.2) is 0 Å². The number of carboxylic acid groups (broad SMARTS) is 1. The maximum absolute atomic E-state index is 10.9. The summed E-state index contributed by atoms with van der Waals surface area (Å²) in [4.78, 5) is 21.7. The van der Waals surface area contributed by atoms with Gasteiger partial charge in [-0.1, -0.05) is 11.8 Å². The Bertz CT molecular complexity index is 699. The molecular formula is C14H10O5. The molecule has 1 aromatic heterocycles. The van der Waals surface area contributed by atoms with Crippen molar-refractivity contribution in [2.24, 2.45) is 0 Å². The third kappa shape index (κ3) is 2.93. The first-order valence-corrected chi connectivity index (χ1v) is 5.42. The largest absolute Gasteiger partial charge is 0.475 e. The van der Waals surface area contributed by atoms with Crippen LogP contribution in [-0.2, 0) is 9.53 Å². The molecule has 96 valence electrons. The van der Waals surface area contributed by atoms with Crippen molar-refractivity contribution in [3.05, 3.63) is 35.6 Å². The zero-order valence-corrected chi connectivity index (χ0v) is 10.1. The lowest BCUT2D eigenvalue weighted by atomic mass is 10.1. The number of ether oxygens (including phenoxy) is 1. The number of benzene rings is 1. The molecule has 0 bridgehead atoms. The molecule has 5 nitrogen and oxygen atoms in total. The number of carbonyl (C=O) groups is 2. The molecule has 0 amide bonds. The fraction of sp³-hybridized carbons (Fsp3) is 0.143. The van der Waals surface area contributed by atoms with Crippen molar-refractivity contribution < 1.29 is 23.8 Å². The van der Waals surface area contributed by atoms with Gasteiger partial charge in [0.2, 0.25) is 5.76 Å². The predicted molar refractivity (Wildman–Crippen MR) is 66.7 cm³/mol. The standard InChI is InChI=1S/C14H10O5/c1-18-13(15)4-2-3-9-5-6-11-10(7-9)8-12(19-11)14(16)17/h5-8H,4H2,1H3,(H,16,17). The van der Waals surface area contributed by atoms with Crippen LogP contribution < -0.4 is 0 Å². The molecule has 0 saturated carbocycles. The summed E-state index contributed by atoms with van der Waals surface area (Å²) < 4.78 is 9.59. The molecule has 0 aliphatic rings. The van der Waals surface area contributed by atoms with E-state index in [0.717, 1.165) is 0 Å². The van der Waals surface area contributed by atoms with Gasteiger partial charge in [-0.2, -0.15) is 0 Å². The van der Waals surface area contributed by atoms with Gasteiger partial charge in [-0.25, -0.2) is 4.79 Å². The Morgan fingerprint density at radius 2 is 2.16 bits per heavy atom. The molecular weight excluding hydrogens is 248 g/mol. The van der Waals surface area contributed by atoms with E-state index in [4.69, 9.17) is 9.52 Å². The fourth-order valence-electron chi connectivity index (χ4n) is 1.52. The van der Waals surface area contributed by atoms with E-state index < -0.39 is 11.9 Å². The quantitative estimate of drug-likeness (QED) is 0.659. The number of carboxylic acids is 1. The minimum absolute atomic E-state index is 0.0142. The molecule has 1 aromatic carbocycles. The summed E-state index contributed by atoms with van der Waals surface area (Å²) in [5.74, 6) is 3.85. The minimum Gasteiger partial charge on any atom is -0.475 e. The third-order valence-electron chi connectivity index (χ3n) is 2.42. The molecule has 2 rings (SSSR count). The average molecular weight is 258 g/mol. The van der Waals surface area contributed by atoms with Crippen molar-refractivity contribution in [2.75, 3.05) is 7.11 Å². The monoisotopic (exact) mass is 258 g/mol. The summed E-state index contributed by atoms with van der Waals surface area (Å²) in [5, 5.41) is 9.47. The lowest BCUT2D eigenvalue weighted by Gasteiger charge is -1.91. The van der Waals surface area contributed by atoms with Gasteiger partial charge in [0.25, 0.3) is 0 Å². The zero-order chi connectivity index (χ0) is 13.8. The second kappa shape index (κ2) is 5.27. The Hall–Kier alpha value is -2.74. The smallest absolute Gasteiger partial charge is 0.371 e. The highest BCUT2D eigenvalue weighted by Crippen LogP contribution is 2.20. The van der Waals surface area contributed by atoms with Crippen LogP contribution >= 0.6 is 0 Å². The molecule has 0 aliphatic heterocycles. The number of fused-ring (bicyclic) bond motifs is 1. The maximum Gasteiger partial charge on any atom is 0.371 e. The number of rotatable bonds is 2. The molecule has 0 unspecified atom stereocenters. The molecule has 0 saturated heterocycles. The molecule has 2 aromatic rings. The van der Waals surface area contributed by atoms with E-state index >= 15 is 0 Å². The zero-order valence-electron chi connectivity index (χ0n) is 10.1. The van der Waals surface area contributed by atoms with Crippen molar-refractivity contribution >= 4 is 22.9 Å². The van der Waals surface area contributed by atoms with Crippen LogP contribution in [0.15, 0.2) is 28.7 Å². The molecule has 1 N–H and O–H groups in total. The number of hydrogen-bond donors (Lipinski definition) is 1. The van der Waals surface area contributed by atoms with Gasteiger partial charge in [-0.15, -0.1) is 0 Å². The molecule has 0 spiro atoms. The van der Waals surface area contributed by atoms with Crippen LogP contribution in [0.3, 0.4) is 0 Å². The Kier molecular flexibility index (Phi) is 3.53. The molecule has 1 heterocycles. The first-order valence-electron chi connectivity index (χ1n) is 5.42. The first-order chi connectivity index (χ1) is 9.10. The van der Waals surface area contributed by atoms with E-state index in [9.17, 15) is 9.59 Å². The molecule has 0 aliphatic carbocycles. The number of aromatic carboxylic acids is 1. The first kappa shape index (κ1) is 12.7.